The van der Waals surface area contributed by atoms with E-state index >= 15 is 0 Å². The quantitative estimate of drug-likeness (QED) is 0.315. The molecule has 0 spiro atoms. The highest BCUT2D eigenvalue weighted by Crippen LogP contribution is 2.18. The molecule has 0 aliphatic rings. The molecule has 36 heavy (non-hydrogen) atoms. The Hall–Kier alpha value is -3.60. The van der Waals surface area contributed by atoms with Gasteiger partial charge in [0.15, 0.2) is 0 Å². The van der Waals surface area contributed by atoms with Gasteiger partial charge in [0.2, 0.25) is 11.8 Å². The third-order valence-electron chi connectivity index (χ3n) is 6.29. The molecule has 2 amide bonds. The van der Waals surface area contributed by atoms with Gasteiger partial charge in [-0.1, -0.05) is 85.3 Å². The van der Waals surface area contributed by atoms with E-state index < -0.39 is 6.04 Å². The fourth-order valence-corrected chi connectivity index (χ4v) is 3.96. The Morgan fingerprint density at radius 2 is 1.53 bits per heavy atom. The smallest absolute Gasteiger partial charge is 0.243 e. The molecule has 0 heterocycles. The van der Waals surface area contributed by atoms with Crippen LogP contribution < -0.4 is 10.1 Å². The normalized spacial score (nSPS) is 12.4. The summed E-state index contributed by atoms with van der Waals surface area (Å²) in [5.74, 6) is 0.623. The lowest BCUT2D eigenvalue weighted by Gasteiger charge is -2.32. The van der Waals surface area contributed by atoms with E-state index in [4.69, 9.17) is 4.74 Å². The van der Waals surface area contributed by atoms with E-state index in [1.54, 1.807) is 4.90 Å². The number of rotatable bonds is 13. The zero-order valence-electron chi connectivity index (χ0n) is 21.7. The summed E-state index contributed by atoms with van der Waals surface area (Å²) < 4.78 is 5.79. The van der Waals surface area contributed by atoms with Gasteiger partial charge in [0.1, 0.15) is 11.8 Å². The highest BCUT2D eigenvalue weighted by atomic mass is 16.5. The van der Waals surface area contributed by atoms with E-state index in [0.717, 1.165) is 28.9 Å². The van der Waals surface area contributed by atoms with Crippen molar-refractivity contribution in [3.63, 3.8) is 0 Å². The van der Waals surface area contributed by atoms with Gasteiger partial charge in [-0.2, -0.15) is 0 Å². The maximum Gasteiger partial charge on any atom is 0.243 e. The molecule has 5 nitrogen and oxygen atoms in total. The second-order valence-corrected chi connectivity index (χ2v) is 9.30. The SMILES string of the molecule is CC[C@H](C)NC(=O)[C@@H](Cc1ccccc1)N(Cc1ccc(C)cc1)C(=O)CCCOc1ccccc1. The maximum atomic E-state index is 13.6. The van der Waals surface area contributed by atoms with Crippen LogP contribution in [0.3, 0.4) is 0 Å². The standard InChI is InChI=1S/C31H38N2O3/c1-4-25(3)32-31(35)29(22-26-12-7-5-8-13-26)33(23-27-19-17-24(2)18-20-27)30(34)16-11-21-36-28-14-9-6-10-15-28/h5-10,12-15,17-20,25,29H,4,11,16,21-23H2,1-3H3,(H,32,35)/t25-,29+/m0/s1. The maximum absolute atomic E-state index is 13.6. The van der Waals surface area contributed by atoms with Crippen molar-refractivity contribution in [1.29, 1.82) is 0 Å². The lowest BCUT2D eigenvalue weighted by molar-refractivity contribution is -0.141. The molecule has 3 rings (SSSR count). The Labute approximate surface area is 215 Å². The fraction of sp³-hybridized carbons (Fsp3) is 0.355. The number of aryl methyl sites for hydroxylation is 1. The zero-order chi connectivity index (χ0) is 25.8. The average molecular weight is 487 g/mol. The highest BCUT2D eigenvalue weighted by molar-refractivity contribution is 5.88. The first-order valence-corrected chi connectivity index (χ1v) is 12.8. The molecule has 0 aromatic heterocycles. The van der Waals surface area contributed by atoms with Gasteiger partial charge >= 0.3 is 0 Å². The number of hydrogen-bond donors (Lipinski definition) is 1. The third-order valence-corrected chi connectivity index (χ3v) is 6.29. The van der Waals surface area contributed by atoms with Crippen LogP contribution in [0.2, 0.25) is 0 Å². The molecule has 0 saturated carbocycles. The number of amides is 2. The predicted molar refractivity (Wildman–Crippen MR) is 145 cm³/mol. The number of hydrogen-bond acceptors (Lipinski definition) is 3. The van der Waals surface area contributed by atoms with Gasteiger partial charge in [-0.3, -0.25) is 9.59 Å². The van der Waals surface area contributed by atoms with Crippen LogP contribution in [0.4, 0.5) is 0 Å². The number of nitrogens with one attached hydrogen (secondary N) is 1. The van der Waals surface area contributed by atoms with Crippen molar-refractivity contribution in [1.82, 2.24) is 10.2 Å². The van der Waals surface area contributed by atoms with Crippen LogP contribution >= 0.6 is 0 Å². The van der Waals surface area contributed by atoms with Gasteiger partial charge in [0.05, 0.1) is 6.61 Å². The van der Waals surface area contributed by atoms with E-state index in [1.807, 2.05) is 106 Å². The molecular formula is C31H38N2O3. The van der Waals surface area contributed by atoms with Crippen LogP contribution in [-0.2, 0) is 22.6 Å². The molecule has 190 valence electrons. The molecule has 2 atom stereocenters. The van der Waals surface area contributed by atoms with E-state index in [2.05, 4.69) is 5.32 Å². The summed E-state index contributed by atoms with van der Waals surface area (Å²) in [7, 11) is 0. The van der Waals surface area contributed by atoms with Crippen molar-refractivity contribution in [2.75, 3.05) is 6.61 Å². The van der Waals surface area contributed by atoms with E-state index in [0.29, 0.717) is 32.4 Å². The van der Waals surface area contributed by atoms with Crippen LogP contribution in [-0.4, -0.2) is 35.4 Å². The van der Waals surface area contributed by atoms with Gasteiger partial charge < -0.3 is 15.0 Å². The predicted octanol–water partition coefficient (Wildman–Crippen LogP) is 5.71. The molecule has 0 saturated heterocycles. The monoisotopic (exact) mass is 486 g/mol. The third kappa shape index (κ3) is 8.56. The zero-order valence-corrected chi connectivity index (χ0v) is 21.7. The van der Waals surface area contributed by atoms with E-state index in [9.17, 15) is 9.59 Å². The lowest BCUT2D eigenvalue weighted by Crippen LogP contribution is -2.52. The van der Waals surface area contributed by atoms with Crippen molar-refractivity contribution in [2.24, 2.45) is 0 Å². The summed E-state index contributed by atoms with van der Waals surface area (Å²) in [5, 5.41) is 3.11. The largest absolute Gasteiger partial charge is 0.494 e. The Kier molecular flexibility index (Phi) is 10.6. The summed E-state index contributed by atoms with van der Waals surface area (Å²) in [5.41, 5.74) is 3.19. The Bertz CT molecular complexity index is 1070. The minimum absolute atomic E-state index is 0.0337. The van der Waals surface area contributed by atoms with E-state index in [-0.39, 0.29) is 17.9 Å². The topological polar surface area (TPSA) is 58.6 Å². The molecule has 3 aromatic rings. The van der Waals surface area contributed by atoms with Crippen LogP contribution in [0.1, 0.15) is 49.8 Å². The van der Waals surface area contributed by atoms with Crippen molar-refractivity contribution in [3.05, 3.63) is 102 Å². The van der Waals surface area contributed by atoms with Crippen molar-refractivity contribution >= 4 is 11.8 Å². The number of ether oxygens (including phenoxy) is 1. The molecule has 0 aliphatic heterocycles. The van der Waals surface area contributed by atoms with Gasteiger partial charge in [0, 0.05) is 25.4 Å². The molecule has 3 aromatic carbocycles. The second-order valence-electron chi connectivity index (χ2n) is 9.30. The average Bonchev–Trinajstić information content (AvgIpc) is 2.90. The molecule has 0 unspecified atom stereocenters. The number of nitrogens with zero attached hydrogens (tertiary/aromatic N) is 1. The number of carbonyl (C=O) groups excluding carboxylic acids is 2. The summed E-state index contributed by atoms with van der Waals surface area (Å²) in [6, 6.07) is 27.1. The number of para-hydroxylation sites is 1. The summed E-state index contributed by atoms with van der Waals surface area (Å²) in [4.78, 5) is 28.8. The van der Waals surface area contributed by atoms with Crippen LogP contribution in [0, 0.1) is 6.92 Å². The molecule has 0 aliphatic carbocycles. The Morgan fingerprint density at radius 3 is 2.17 bits per heavy atom. The van der Waals surface area contributed by atoms with Gasteiger partial charge in [-0.05, 0) is 49.9 Å². The van der Waals surface area contributed by atoms with Crippen molar-refractivity contribution in [2.45, 2.75) is 65.1 Å². The number of benzene rings is 3. The molecule has 0 radical (unpaired) electrons. The second kappa shape index (κ2) is 14.1. The summed E-state index contributed by atoms with van der Waals surface area (Å²) >= 11 is 0. The molecule has 0 fully saturated rings. The van der Waals surface area contributed by atoms with Crippen LogP contribution in [0.15, 0.2) is 84.9 Å². The molecular weight excluding hydrogens is 448 g/mol. The van der Waals surface area contributed by atoms with Gasteiger partial charge in [0.25, 0.3) is 0 Å². The lowest BCUT2D eigenvalue weighted by atomic mass is 10.0. The van der Waals surface area contributed by atoms with Crippen LogP contribution in [0.5, 0.6) is 5.75 Å². The molecule has 0 bridgehead atoms. The minimum atomic E-state index is -0.606. The summed E-state index contributed by atoms with van der Waals surface area (Å²) in [6.45, 7) is 6.89. The van der Waals surface area contributed by atoms with E-state index in [1.165, 1.54) is 0 Å². The van der Waals surface area contributed by atoms with Crippen molar-refractivity contribution in [3.8, 4) is 5.75 Å². The first-order chi connectivity index (χ1) is 17.5. The first-order valence-electron chi connectivity index (χ1n) is 12.8. The molecule has 1 N–H and O–H groups in total. The van der Waals surface area contributed by atoms with Gasteiger partial charge in [-0.25, -0.2) is 0 Å². The Morgan fingerprint density at radius 1 is 0.889 bits per heavy atom. The molecule has 5 heteroatoms. The van der Waals surface area contributed by atoms with Gasteiger partial charge in [-0.15, -0.1) is 0 Å². The highest BCUT2D eigenvalue weighted by Gasteiger charge is 2.30. The fourth-order valence-electron chi connectivity index (χ4n) is 3.96. The van der Waals surface area contributed by atoms with Crippen LogP contribution in [0.25, 0.3) is 0 Å². The number of carbonyl (C=O) groups is 2. The Balaban J connectivity index is 1.80. The first kappa shape index (κ1) is 27.0. The minimum Gasteiger partial charge on any atom is -0.494 e. The summed E-state index contributed by atoms with van der Waals surface area (Å²) in [6.07, 6.45) is 2.16. The van der Waals surface area contributed by atoms with Crippen molar-refractivity contribution < 1.29 is 14.3 Å².